The van der Waals surface area contributed by atoms with Crippen LogP contribution in [-0.2, 0) is 28.7 Å². The van der Waals surface area contributed by atoms with Crippen molar-refractivity contribution in [2.75, 3.05) is 18.1 Å². The van der Waals surface area contributed by atoms with Crippen LogP contribution in [0.1, 0.15) is 18.5 Å². The van der Waals surface area contributed by atoms with E-state index in [9.17, 15) is 39.2 Å². The lowest BCUT2D eigenvalue weighted by molar-refractivity contribution is -0.387. The quantitative estimate of drug-likeness (QED) is 0.112. The van der Waals surface area contributed by atoms with Crippen molar-refractivity contribution in [3.8, 4) is 0 Å². The van der Waals surface area contributed by atoms with Gasteiger partial charge < -0.3 is 20.5 Å². The van der Waals surface area contributed by atoms with Crippen LogP contribution in [0.2, 0.25) is 0 Å². The van der Waals surface area contributed by atoms with Crippen LogP contribution in [0.3, 0.4) is 0 Å². The van der Waals surface area contributed by atoms with E-state index in [4.69, 9.17) is 4.74 Å². The Labute approximate surface area is 241 Å². The molecule has 0 spiro atoms. The second-order valence-electron chi connectivity index (χ2n) is 8.86. The molecule has 1 saturated heterocycles. The SMILES string of the molecule is CC(=O)OCC1=C(C(=O)O)N2C(=O)[C@@H](NC(=O)[C@@H](NC(=O)CSc3ccccc3[N+](=O)[O-])c3ccccc3)[C@H]2SC1. The first kappa shape index (κ1) is 29.6. The zero-order chi connectivity index (χ0) is 29.7. The number of benzene rings is 2. The zero-order valence-corrected chi connectivity index (χ0v) is 23.1. The molecule has 2 heterocycles. The number of nitrogens with zero attached hydrogens (tertiary/aromatic N) is 2. The molecule has 0 unspecified atom stereocenters. The molecule has 0 radical (unpaired) electrons. The van der Waals surface area contributed by atoms with Gasteiger partial charge in [0.05, 0.1) is 15.6 Å². The summed E-state index contributed by atoms with van der Waals surface area (Å²) in [5, 5.41) is 25.5. The van der Waals surface area contributed by atoms with Crippen molar-refractivity contribution in [3.63, 3.8) is 0 Å². The molecule has 1 fully saturated rings. The number of para-hydroxylation sites is 1. The summed E-state index contributed by atoms with van der Waals surface area (Å²) < 4.78 is 4.92. The molecule has 41 heavy (non-hydrogen) atoms. The summed E-state index contributed by atoms with van der Waals surface area (Å²) in [5.41, 5.74) is 0.262. The summed E-state index contributed by atoms with van der Waals surface area (Å²) in [5.74, 6) is -3.92. The summed E-state index contributed by atoms with van der Waals surface area (Å²) in [6, 6.07) is 12.0. The number of carbonyl (C=O) groups is 5. The van der Waals surface area contributed by atoms with Crippen LogP contribution in [0.5, 0.6) is 0 Å². The third kappa shape index (κ3) is 6.69. The molecule has 0 bridgehead atoms. The van der Waals surface area contributed by atoms with E-state index in [-0.39, 0.29) is 35.1 Å². The lowest BCUT2D eigenvalue weighted by Crippen LogP contribution is -2.71. The number of hydrogen-bond donors (Lipinski definition) is 3. The van der Waals surface area contributed by atoms with Crippen LogP contribution in [0.4, 0.5) is 5.69 Å². The first-order valence-corrected chi connectivity index (χ1v) is 14.2. The molecule has 4 rings (SSSR count). The first-order valence-electron chi connectivity index (χ1n) is 12.1. The lowest BCUT2D eigenvalue weighted by atomic mass is 10.0. The fourth-order valence-electron chi connectivity index (χ4n) is 4.24. The number of β-lactam (4-membered cyclic amide) rings is 1. The fourth-order valence-corrected chi connectivity index (χ4v) is 6.40. The summed E-state index contributed by atoms with van der Waals surface area (Å²) in [6.07, 6.45) is 0. The first-order chi connectivity index (χ1) is 19.6. The zero-order valence-electron chi connectivity index (χ0n) is 21.5. The van der Waals surface area contributed by atoms with Crippen molar-refractivity contribution < 1.29 is 38.7 Å². The lowest BCUT2D eigenvalue weighted by Gasteiger charge is -2.49. The number of amides is 3. The number of ether oxygens (including phenoxy) is 1. The van der Waals surface area contributed by atoms with Gasteiger partial charge in [-0.15, -0.1) is 23.5 Å². The minimum absolute atomic E-state index is 0.147. The van der Waals surface area contributed by atoms with Gasteiger partial charge in [-0.05, 0) is 11.6 Å². The standard InChI is InChI=1S/C26H24N4O9S2/c1-14(31)39-11-16-12-41-25-21(24(34)29(25)22(16)26(35)36)28-23(33)20(15-7-3-2-4-8-15)27-19(32)13-40-18-10-6-5-9-17(18)30(37)38/h2-10,20-21,25H,11-13H2,1H3,(H,27,32)(H,28,33)(H,35,36)/t20-,21+,25+/m0/s1. The Balaban J connectivity index is 1.46. The molecule has 214 valence electrons. The van der Waals surface area contributed by atoms with Crippen molar-refractivity contribution in [3.05, 3.63) is 81.5 Å². The van der Waals surface area contributed by atoms with Crippen LogP contribution >= 0.6 is 23.5 Å². The molecule has 3 atom stereocenters. The van der Waals surface area contributed by atoms with E-state index in [1.165, 1.54) is 36.9 Å². The second kappa shape index (κ2) is 12.9. The third-order valence-corrected chi connectivity index (χ3v) is 8.52. The number of thioether (sulfide) groups is 2. The van der Waals surface area contributed by atoms with E-state index in [2.05, 4.69) is 10.6 Å². The van der Waals surface area contributed by atoms with Gasteiger partial charge in [-0.2, -0.15) is 0 Å². The maximum atomic E-state index is 13.4. The number of carboxylic acids is 1. The van der Waals surface area contributed by atoms with Gasteiger partial charge in [-0.25, -0.2) is 4.79 Å². The highest BCUT2D eigenvalue weighted by Gasteiger charge is 2.54. The molecule has 0 aliphatic carbocycles. The Morgan fingerprint density at radius 1 is 1.17 bits per heavy atom. The number of hydrogen-bond acceptors (Lipinski definition) is 10. The van der Waals surface area contributed by atoms with E-state index in [0.717, 1.165) is 16.7 Å². The molecule has 2 aliphatic heterocycles. The van der Waals surface area contributed by atoms with Gasteiger partial charge in [-0.3, -0.25) is 34.2 Å². The van der Waals surface area contributed by atoms with Gasteiger partial charge in [0.15, 0.2) is 0 Å². The molecule has 0 aromatic heterocycles. The maximum absolute atomic E-state index is 13.4. The second-order valence-corrected chi connectivity index (χ2v) is 11.0. The highest BCUT2D eigenvalue weighted by Crippen LogP contribution is 2.40. The molecular formula is C26H24N4O9S2. The molecule has 3 N–H and O–H groups in total. The number of carbonyl (C=O) groups excluding carboxylic acids is 4. The predicted octanol–water partition coefficient (Wildman–Crippen LogP) is 1.85. The van der Waals surface area contributed by atoms with E-state index in [1.54, 1.807) is 36.4 Å². The largest absolute Gasteiger partial charge is 0.477 e. The summed E-state index contributed by atoms with van der Waals surface area (Å²) >= 11 is 2.16. The summed E-state index contributed by atoms with van der Waals surface area (Å²) in [6.45, 7) is 0.913. The molecule has 0 saturated carbocycles. The van der Waals surface area contributed by atoms with Crippen molar-refractivity contribution in [1.29, 1.82) is 0 Å². The molecule has 15 heteroatoms. The Kier molecular flexibility index (Phi) is 9.29. The number of aliphatic carboxylic acids is 1. The average molecular weight is 601 g/mol. The van der Waals surface area contributed by atoms with Gasteiger partial charge in [0.25, 0.3) is 11.6 Å². The van der Waals surface area contributed by atoms with Gasteiger partial charge in [-0.1, -0.05) is 42.5 Å². The van der Waals surface area contributed by atoms with Crippen LogP contribution in [0.15, 0.2) is 70.8 Å². The number of carboxylic acid groups (broad SMARTS) is 1. The fraction of sp³-hybridized carbons (Fsp3) is 0.269. The molecule has 2 aliphatic rings. The van der Waals surface area contributed by atoms with E-state index < -0.39 is 52.0 Å². The van der Waals surface area contributed by atoms with Gasteiger partial charge in [0, 0.05) is 24.3 Å². The number of nitrogens with one attached hydrogen (secondary N) is 2. The van der Waals surface area contributed by atoms with Crippen LogP contribution in [0.25, 0.3) is 0 Å². The van der Waals surface area contributed by atoms with Gasteiger partial charge >= 0.3 is 11.9 Å². The Morgan fingerprint density at radius 3 is 2.51 bits per heavy atom. The molecule has 2 aromatic carbocycles. The van der Waals surface area contributed by atoms with Crippen LogP contribution in [0, 0.1) is 10.1 Å². The number of nitro benzene ring substituents is 1. The molecule has 13 nitrogen and oxygen atoms in total. The number of rotatable bonds is 11. The van der Waals surface area contributed by atoms with Gasteiger partial charge in [0.2, 0.25) is 11.8 Å². The van der Waals surface area contributed by atoms with Crippen molar-refractivity contribution >= 4 is 58.9 Å². The van der Waals surface area contributed by atoms with Crippen molar-refractivity contribution in [2.24, 2.45) is 0 Å². The number of esters is 1. The maximum Gasteiger partial charge on any atom is 0.352 e. The highest BCUT2D eigenvalue weighted by molar-refractivity contribution is 8.00. The Hall–Kier alpha value is -4.37. The topological polar surface area (TPSA) is 185 Å². The highest BCUT2D eigenvalue weighted by atomic mass is 32.2. The molecule has 3 amide bonds. The van der Waals surface area contributed by atoms with Crippen molar-refractivity contribution in [1.82, 2.24) is 15.5 Å². The van der Waals surface area contributed by atoms with Crippen LogP contribution < -0.4 is 10.6 Å². The monoisotopic (exact) mass is 600 g/mol. The van der Waals surface area contributed by atoms with Crippen LogP contribution in [-0.4, -0.2) is 74.1 Å². The van der Waals surface area contributed by atoms with E-state index >= 15 is 0 Å². The average Bonchev–Trinajstić information content (AvgIpc) is 2.96. The van der Waals surface area contributed by atoms with Gasteiger partial charge in [0.1, 0.15) is 29.8 Å². The molecule has 2 aromatic rings. The smallest absolute Gasteiger partial charge is 0.352 e. The number of fused-ring (bicyclic) bond motifs is 1. The minimum atomic E-state index is -1.36. The van der Waals surface area contributed by atoms with E-state index in [1.807, 2.05) is 0 Å². The summed E-state index contributed by atoms with van der Waals surface area (Å²) in [4.78, 5) is 74.4. The Bertz CT molecular complexity index is 1430. The minimum Gasteiger partial charge on any atom is -0.477 e. The predicted molar refractivity (Wildman–Crippen MR) is 147 cm³/mol. The Morgan fingerprint density at radius 2 is 1.85 bits per heavy atom. The third-order valence-electron chi connectivity index (χ3n) is 6.12. The number of nitro groups is 1. The molecular weight excluding hydrogens is 576 g/mol. The van der Waals surface area contributed by atoms with Crippen molar-refractivity contribution in [2.45, 2.75) is 29.3 Å². The normalized spacial score (nSPS) is 18.5. The summed E-state index contributed by atoms with van der Waals surface area (Å²) in [7, 11) is 0. The van der Waals surface area contributed by atoms with E-state index in [0.29, 0.717) is 10.5 Å².